The van der Waals surface area contributed by atoms with E-state index in [1.54, 1.807) is 0 Å². The van der Waals surface area contributed by atoms with Gasteiger partial charge in [-0.1, -0.05) is 18.2 Å². The highest BCUT2D eigenvalue weighted by Crippen LogP contribution is 2.10. The standard InChI is InChI=1S/C15H18NO2/c1-15(2,3)18-14(17)11-16-9-8-12-6-4-5-7-13(12)10-16/h4-10H,11H2,1-3H3/q+1. The number of rotatable bonds is 2. The predicted molar refractivity (Wildman–Crippen MR) is 70.0 cm³/mol. The van der Waals surface area contributed by atoms with Gasteiger partial charge >= 0.3 is 5.97 Å². The highest BCUT2D eigenvalue weighted by Gasteiger charge is 2.19. The molecule has 0 aliphatic carbocycles. The summed E-state index contributed by atoms with van der Waals surface area (Å²) < 4.78 is 7.14. The number of esters is 1. The normalized spacial score (nSPS) is 11.5. The summed E-state index contributed by atoms with van der Waals surface area (Å²) in [5.41, 5.74) is -0.436. The average Bonchev–Trinajstić information content (AvgIpc) is 2.26. The summed E-state index contributed by atoms with van der Waals surface area (Å²) in [6, 6.07) is 10.1. The average molecular weight is 244 g/mol. The summed E-state index contributed by atoms with van der Waals surface area (Å²) in [4.78, 5) is 11.7. The van der Waals surface area contributed by atoms with Crippen LogP contribution in [-0.2, 0) is 16.1 Å². The Hall–Kier alpha value is -1.90. The Kier molecular flexibility index (Phi) is 3.32. The largest absolute Gasteiger partial charge is 0.455 e. The molecule has 0 bridgehead atoms. The second kappa shape index (κ2) is 4.77. The van der Waals surface area contributed by atoms with Crippen molar-refractivity contribution < 1.29 is 14.1 Å². The zero-order valence-electron chi connectivity index (χ0n) is 11.0. The molecule has 0 fully saturated rings. The van der Waals surface area contributed by atoms with E-state index in [-0.39, 0.29) is 12.5 Å². The van der Waals surface area contributed by atoms with Crippen LogP contribution < -0.4 is 4.57 Å². The first-order valence-corrected chi connectivity index (χ1v) is 6.04. The minimum absolute atomic E-state index is 0.220. The van der Waals surface area contributed by atoms with Crippen molar-refractivity contribution in [3.05, 3.63) is 42.7 Å². The van der Waals surface area contributed by atoms with E-state index in [4.69, 9.17) is 4.74 Å². The Morgan fingerprint density at radius 1 is 1.17 bits per heavy atom. The van der Waals surface area contributed by atoms with Crippen molar-refractivity contribution in [3.63, 3.8) is 0 Å². The molecule has 0 aliphatic heterocycles. The van der Waals surface area contributed by atoms with Crippen molar-refractivity contribution >= 4 is 16.7 Å². The van der Waals surface area contributed by atoms with Crippen LogP contribution in [0.1, 0.15) is 20.8 Å². The number of pyridine rings is 1. The van der Waals surface area contributed by atoms with Gasteiger partial charge in [0, 0.05) is 11.5 Å². The van der Waals surface area contributed by atoms with Gasteiger partial charge in [0.15, 0.2) is 12.4 Å². The molecule has 2 rings (SSSR count). The van der Waals surface area contributed by atoms with Gasteiger partial charge in [0.25, 0.3) is 0 Å². The van der Waals surface area contributed by atoms with E-state index < -0.39 is 5.60 Å². The molecule has 1 heterocycles. The molecule has 1 aromatic carbocycles. The molecule has 0 saturated heterocycles. The Morgan fingerprint density at radius 2 is 1.83 bits per heavy atom. The maximum absolute atomic E-state index is 11.7. The molecule has 0 amide bonds. The predicted octanol–water partition coefficient (Wildman–Crippen LogP) is 2.47. The Bertz CT molecular complexity index is 570. The third-order valence-corrected chi connectivity index (χ3v) is 2.48. The molecule has 0 spiro atoms. The fraction of sp³-hybridized carbons (Fsp3) is 0.333. The van der Waals surface area contributed by atoms with Crippen molar-refractivity contribution in [1.82, 2.24) is 0 Å². The second-order valence-electron chi connectivity index (χ2n) is 5.33. The molecule has 0 radical (unpaired) electrons. The number of hydrogen-bond acceptors (Lipinski definition) is 2. The number of ether oxygens (including phenoxy) is 1. The van der Waals surface area contributed by atoms with Crippen molar-refractivity contribution in [2.75, 3.05) is 0 Å². The lowest BCUT2D eigenvalue weighted by atomic mass is 10.2. The van der Waals surface area contributed by atoms with Crippen LogP contribution >= 0.6 is 0 Å². The first kappa shape index (κ1) is 12.6. The molecule has 0 unspecified atom stereocenters. The zero-order chi connectivity index (χ0) is 13.2. The lowest BCUT2D eigenvalue weighted by Crippen LogP contribution is -2.40. The van der Waals surface area contributed by atoms with E-state index in [0.717, 1.165) is 10.8 Å². The van der Waals surface area contributed by atoms with Gasteiger partial charge in [0.05, 0.1) is 0 Å². The van der Waals surface area contributed by atoms with Gasteiger partial charge in [-0.3, -0.25) is 0 Å². The number of nitrogens with zero attached hydrogens (tertiary/aromatic N) is 1. The maximum atomic E-state index is 11.7. The highest BCUT2D eigenvalue weighted by atomic mass is 16.6. The molecule has 0 N–H and O–H groups in total. The topological polar surface area (TPSA) is 30.2 Å². The summed E-state index contributed by atoms with van der Waals surface area (Å²) in [7, 11) is 0. The molecule has 2 aromatic rings. The number of benzene rings is 1. The second-order valence-corrected chi connectivity index (χ2v) is 5.33. The van der Waals surface area contributed by atoms with E-state index >= 15 is 0 Å². The fourth-order valence-corrected chi connectivity index (χ4v) is 1.80. The Morgan fingerprint density at radius 3 is 2.50 bits per heavy atom. The number of carbonyl (C=O) groups is 1. The molecule has 18 heavy (non-hydrogen) atoms. The Labute approximate surface area is 107 Å². The van der Waals surface area contributed by atoms with E-state index in [2.05, 4.69) is 0 Å². The van der Waals surface area contributed by atoms with Gasteiger partial charge in [-0.05, 0) is 32.2 Å². The minimum atomic E-state index is -0.436. The van der Waals surface area contributed by atoms with Crippen molar-refractivity contribution in [2.24, 2.45) is 0 Å². The van der Waals surface area contributed by atoms with Crippen LogP contribution in [0.3, 0.4) is 0 Å². The van der Waals surface area contributed by atoms with Gasteiger partial charge in [-0.25, -0.2) is 4.79 Å². The summed E-state index contributed by atoms with van der Waals surface area (Å²) in [5.74, 6) is -0.220. The first-order chi connectivity index (χ1) is 8.44. The lowest BCUT2D eigenvalue weighted by molar-refractivity contribution is -0.684. The summed E-state index contributed by atoms with van der Waals surface area (Å²) in [6.07, 6.45) is 3.85. The molecular weight excluding hydrogens is 226 g/mol. The van der Waals surface area contributed by atoms with Crippen molar-refractivity contribution in [3.8, 4) is 0 Å². The molecule has 3 nitrogen and oxygen atoms in total. The van der Waals surface area contributed by atoms with Gasteiger partial charge in [-0.15, -0.1) is 0 Å². The van der Waals surface area contributed by atoms with Crippen molar-refractivity contribution in [1.29, 1.82) is 0 Å². The van der Waals surface area contributed by atoms with E-state index in [1.807, 2.05) is 68.1 Å². The third kappa shape index (κ3) is 3.29. The molecule has 1 aromatic heterocycles. The van der Waals surface area contributed by atoms with Crippen LogP contribution in [-0.4, -0.2) is 11.6 Å². The first-order valence-electron chi connectivity index (χ1n) is 6.04. The smallest absolute Gasteiger partial charge is 0.373 e. The molecule has 94 valence electrons. The quantitative estimate of drug-likeness (QED) is 0.600. The third-order valence-electron chi connectivity index (χ3n) is 2.48. The van der Waals surface area contributed by atoms with Crippen LogP contribution in [0, 0.1) is 0 Å². The number of aromatic nitrogens is 1. The molecule has 3 heteroatoms. The van der Waals surface area contributed by atoms with Gasteiger partial charge in [-0.2, -0.15) is 4.57 Å². The molecule has 0 aliphatic rings. The van der Waals surface area contributed by atoms with E-state index in [1.165, 1.54) is 0 Å². The molecular formula is C15H18NO2+. The Balaban J connectivity index is 2.15. The van der Waals surface area contributed by atoms with E-state index in [9.17, 15) is 4.79 Å². The fourth-order valence-electron chi connectivity index (χ4n) is 1.80. The molecule has 0 atom stereocenters. The number of fused-ring (bicyclic) bond motifs is 1. The van der Waals surface area contributed by atoms with Gasteiger partial charge in [0.2, 0.25) is 6.54 Å². The van der Waals surface area contributed by atoms with Crippen LogP contribution in [0.15, 0.2) is 42.7 Å². The summed E-state index contributed by atoms with van der Waals surface area (Å²) in [6.45, 7) is 5.85. The lowest BCUT2D eigenvalue weighted by Gasteiger charge is -2.18. The van der Waals surface area contributed by atoms with Crippen LogP contribution in [0.4, 0.5) is 0 Å². The monoisotopic (exact) mass is 244 g/mol. The SMILES string of the molecule is CC(C)(C)OC(=O)C[n+]1ccc2ccccc2c1. The van der Waals surface area contributed by atoms with Gasteiger partial charge in [0.1, 0.15) is 5.60 Å². The van der Waals surface area contributed by atoms with E-state index in [0.29, 0.717) is 0 Å². The maximum Gasteiger partial charge on any atom is 0.373 e. The van der Waals surface area contributed by atoms with Crippen LogP contribution in [0.2, 0.25) is 0 Å². The molecule has 0 saturated carbocycles. The van der Waals surface area contributed by atoms with Crippen molar-refractivity contribution in [2.45, 2.75) is 32.9 Å². The summed E-state index contributed by atoms with van der Waals surface area (Å²) in [5, 5.41) is 2.28. The number of hydrogen-bond donors (Lipinski definition) is 0. The zero-order valence-corrected chi connectivity index (χ0v) is 11.0. The van der Waals surface area contributed by atoms with Gasteiger partial charge < -0.3 is 4.74 Å². The van der Waals surface area contributed by atoms with Crippen LogP contribution in [0.25, 0.3) is 10.8 Å². The van der Waals surface area contributed by atoms with Crippen LogP contribution in [0.5, 0.6) is 0 Å². The number of carbonyl (C=O) groups excluding carboxylic acids is 1. The summed E-state index contributed by atoms with van der Waals surface area (Å²) >= 11 is 0. The minimum Gasteiger partial charge on any atom is -0.455 e. The highest BCUT2D eigenvalue weighted by molar-refractivity contribution is 5.80.